The van der Waals surface area contributed by atoms with Crippen LogP contribution in [0, 0.1) is 0 Å². The standard InChI is InChI=1S/C17H26N2S/c1-2-15-12-19(13-16-9-6-10-20-16)17(11-18-15)14-7-4-3-5-8-14/h3-5,7-8,15-18H,2,6,9-13H2,1H3. The van der Waals surface area contributed by atoms with E-state index >= 15 is 0 Å². The van der Waals surface area contributed by atoms with Crippen LogP contribution in [-0.4, -0.2) is 41.6 Å². The Bertz CT molecular complexity index is 403. The third-order valence-electron chi connectivity index (χ3n) is 4.63. The van der Waals surface area contributed by atoms with E-state index in [1.807, 2.05) is 0 Å². The maximum Gasteiger partial charge on any atom is 0.0473 e. The van der Waals surface area contributed by atoms with Crippen LogP contribution in [0.25, 0.3) is 0 Å². The first-order valence-corrected chi connectivity index (χ1v) is 9.05. The lowest BCUT2D eigenvalue weighted by Gasteiger charge is -2.41. The lowest BCUT2D eigenvalue weighted by Crippen LogP contribution is -2.53. The van der Waals surface area contributed by atoms with Crippen LogP contribution in [0.3, 0.4) is 0 Å². The summed E-state index contributed by atoms with van der Waals surface area (Å²) in [6.07, 6.45) is 4.05. The van der Waals surface area contributed by atoms with Crippen molar-refractivity contribution in [1.29, 1.82) is 0 Å². The van der Waals surface area contributed by atoms with Gasteiger partial charge in [0.05, 0.1) is 0 Å². The predicted octanol–water partition coefficient (Wildman–Crippen LogP) is 3.31. The number of hydrogen-bond acceptors (Lipinski definition) is 3. The van der Waals surface area contributed by atoms with Gasteiger partial charge in [0.2, 0.25) is 0 Å². The van der Waals surface area contributed by atoms with Gasteiger partial charge in [-0.3, -0.25) is 4.90 Å². The molecule has 2 saturated heterocycles. The SMILES string of the molecule is CCC1CN(CC2CCCS2)C(c2ccccc2)CN1. The van der Waals surface area contributed by atoms with Crippen LogP contribution in [0.1, 0.15) is 37.8 Å². The highest BCUT2D eigenvalue weighted by Gasteiger charge is 2.30. The van der Waals surface area contributed by atoms with E-state index in [1.54, 1.807) is 0 Å². The Labute approximate surface area is 127 Å². The van der Waals surface area contributed by atoms with E-state index in [0.29, 0.717) is 12.1 Å². The molecule has 2 fully saturated rings. The number of nitrogens with zero attached hydrogens (tertiary/aromatic N) is 1. The fourth-order valence-corrected chi connectivity index (χ4v) is 4.71. The number of thioether (sulfide) groups is 1. The van der Waals surface area contributed by atoms with Gasteiger partial charge in [0.25, 0.3) is 0 Å². The van der Waals surface area contributed by atoms with Crippen LogP contribution in [0.4, 0.5) is 0 Å². The van der Waals surface area contributed by atoms with E-state index in [0.717, 1.165) is 11.8 Å². The molecule has 3 unspecified atom stereocenters. The summed E-state index contributed by atoms with van der Waals surface area (Å²) in [6, 6.07) is 12.3. The summed E-state index contributed by atoms with van der Waals surface area (Å²) in [5, 5.41) is 4.58. The summed E-state index contributed by atoms with van der Waals surface area (Å²) in [5.74, 6) is 1.37. The molecule has 3 atom stereocenters. The summed E-state index contributed by atoms with van der Waals surface area (Å²) < 4.78 is 0. The fourth-order valence-electron chi connectivity index (χ4n) is 3.41. The quantitative estimate of drug-likeness (QED) is 0.916. The Kier molecular flexibility index (Phi) is 5.03. The summed E-state index contributed by atoms with van der Waals surface area (Å²) in [4.78, 5) is 2.74. The molecule has 0 amide bonds. The number of hydrogen-bond donors (Lipinski definition) is 1. The van der Waals surface area contributed by atoms with Gasteiger partial charge < -0.3 is 5.32 Å². The second-order valence-corrected chi connectivity index (χ2v) is 7.44. The summed E-state index contributed by atoms with van der Waals surface area (Å²) in [7, 11) is 0. The van der Waals surface area contributed by atoms with Gasteiger partial charge in [0.15, 0.2) is 0 Å². The Morgan fingerprint density at radius 3 is 2.85 bits per heavy atom. The third kappa shape index (κ3) is 3.38. The highest BCUT2D eigenvalue weighted by Crippen LogP contribution is 2.31. The van der Waals surface area contributed by atoms with Crippen molar-refractivity contribution in [2.45, 2.75) is 43.5 Å². The van der Waals surface area contributed by atoms with E-state index in [9.17, 15) is 0 Å². The van der Waals surface area contributed by atoms with Crippen molar-refractivity contribution >= 4 is 11.8 Å². The van der Waals surface area contributed by atoms with Crippen LogP contribution in [0.15, 0.2) is 30.3 Å². The summed E-state index contributed by atoms with van der Waals surface area (Å²) in [6.45, 7) is 5.86. The van der Waals surface area contributed by atoms with Crippen molar-refractivity contribution in [1.82, 2.24) is 10.2 Å². The van der Waals surface area contributed by atoms with E-state index < -0.39 is 0 Å². The topological polar surface area (TPSA) is 15.3 Å². The number of nitrogens with one attached hydrogen (secondary N) is 1. The molecule has 2 heterocycles. The van der Waals surface area contributed by atoms with Gasteiger partial charge in [-0.2, -0.15) is 11.8 Å². The zero-order valence-corrected chi connectivity index (χ0v) is 13.2. The molecule has 0 radical (unpaired) electrons. The molecule has 0 aromatic heterocycles. The van der Waals surface area contributed by atoms with E-state index in [4.69, 9.17) is 0 Å². The minimum absolute atomic E-state index is 0.556. The zero-order valence-electron chi connectivity index (χ0n) is 12.4. The molecule has 0 aliphatic carbocycles. The minimum atomic E-state index is 0.556. The average molecular weight is 290 g/mol. The van der Waals surface area contributed by atoms with Crippen molar-refractivity contribution in [3.63, 3.8) is 0 Å². The molecule has 0 bridgehead atoms. The molecule has 1 N–H and O–H groups in total. The number of piperazine rings is 1. The molecule has 2 aliphatic heterocycles. The van der Waals surface area contributed by atoms with Crippen LogP contribution in [-0.2, 0) is 0 Å². The van der Waals surface area contributed by atoms with Crippen LogP contribution >= 0.6 is 11.8 Å². The predicted molar refractivity (Wildman–Crippen MR) is 88.3 cm³/mol. The van der Waals surface area contributed by atoms with Crippen molar-refractivity contribution in [2.24, 2.45) is 0 Å². The molecule has 1 aromatic rings. The number of benzene rings is 1. The van der Waals surface area contributed by atoms with Gasteiger partial charge >= 0.3 is 0 Å². The zero-order chi connectivity index (χ0) is 13.8. The van der Waals surface area contributed by atoms with Gasteiger partial charge in [0, 0.05) is 37.0 Å². The van der Waals surface area contributed by atoms with Gasteiger partial charge in [-0.1, -0.05) is 37.3 Å². The monoisotopic (exact) mass is 290 g/mol. The number of rotatable bonds is 4. The molecule has 1 aromatic carbocycles. The first kappa shape index (κ1) is 14.4. The highest BCUT2D eigenvalue weighted by atomic mass is 32.2. The molecule has 3 heteroatoms. The van der Waals surface area contributed by atoms with Crippen molar-refractivity contribution < 1.29 is 0 Å². The van der Waals surface area contributed by atoms with Gasteiger partial charge in [-0.05, 0) is 30.6 Å². The highest BCUT2D eigenvalue weighted by molar-refractivity contribution is 8.00. The summed E-state index contributed by atoms with van der Waals surface area (Å²) in [5.41, 5.74) is 1.47. The third-order valence-corrected chi connectivity index (χ3v) is 6.02. The first-order valence-electron chi connectivity index (χ1n) is 8.00. The van der Waals surface area contributed by atoms with Crippen LogP contribution in [0.2, 0.25) is 0 Å². The Morgan fingerprint density at radius 1 is 1.30 bits per heavy atom. The summed E-state index contributed by atoms with van der Waals surface area (Å²) >= 11 is 2.18. The molecule has 2 aliphatic rings. The van der Waals surface area contributed by atoms with Crippen LogP contribution in [0.5, 0.6) is 0 Å². The van der Waals surface area contributed by atoms with Crippen LogP contribution < -0.4 is 5.32 Å². The van der Waals surface area contributed by atoms with Gasteiger partial charge in [-0.15, -0.1) is 0 Å². The Balaban J connectivity index is 1.72. The maximum absolute atomic E-state index is 3.72. The molecular formula is C17H26N2S. The lowest BCUT2D eigenvalue weighted by atomic mass is 9.99. The Morgan fingerprint density at radius 2 is 2.15 bits per heavy atom. The second kappa shape index (κ2) is 6.97. The maximum atomic E-state index is 3.72. The van der Waals surface area contributed by atoms with Crippen molar-refractivity contribution in [3.05, 3.63) is 35.9 Å². The van der Waals surface area contributed by atoms with E-state index in [1.165, 1.54) is 43.7 Å². The Hall–Kier alpha value is -0.510. The molecule has 3 rings (SSSR count). The molecule has 110 valence electrons. The van der Waals surface area contributed by atoms with E-state index in [2.05, 4.69) is 59.2 Å². The van der Waals surface area contributed by atoms with Gasteiger partial charge in [-0.25, -0.2) is 0 Å². The van der Waals surface area contributed by atoms with Crippen molar-refractivity contribution in [3.8, 4) is 0 Å². The van der Waals surface area contributed by atoms with E-state index in [-0.39, 0.29) is 0 Å². The van der Waals surface area contributed by atoms with Crippen molar-refractivity contribution in [2.75, 3.05) is 25.4 Å². The molecule has 0 saturated carbocycles. The second-order valence-electron chi connectivity index (χ2n) is 6.03. The van der Waals surface area contributed by atoms with Gasteiger partial charge in [0.1, 0.15) is 0 Å². The average Bonchev–Trinajstić information content (AvgIpc) is 3.01. The largest absolute Gasteiger partial charge is 0.311 e. The normalized spacial score (nSPS) is 31.6. The molecular weight excluding hydrogens is 264 g/mol. The first-order chi connectivity index (χ1) is 9.86. The molecule has 20 heavy (non-hydrogen) atoms. The molecule has 0 spiro atoms. The smallest absolute Gasteiger partial charge is 0.0473 e. The lowest BCUT2D eigenvalue weighted by molar-refractivity contribution is 0.128. The fraction of sp³-hybridized carbons (Fsp3) is 0.647. The minimum Gasteiger partial charge on any atom is -0.311 e. The molecule has 2 nitrogen and oxygen atoms in total.